The van der Waals surface area contributed by atoms with Gasteiger partial charge in [0.2, 0.25) is 0 Å². The maximum Gasteiger partial charge on any atom is 0.316 e. The lowest BCUT2D eigenvalue weighted by Gasteiger charge is -2.23. The van der Waals surface area contributed by atoms with Crippen molar-refractivity contribution in [3.05, 3.63) is 30.1 Å². The second-order valence-electron chi connectivity index (χ2n) is 5.88. The first-order valence-corrected chi connectivity index (χ1v) is 7.37. The third kappa shape index (κ3) is 2.88. The van der Waals surface area contributed by atoms with Crippen LogP contribution in [0, 0.1) is 17.2 Å². The number of carbonyl (C=O) groups is 2. The van der Waals surface area contributed by atoms with Crippen LogP contribution in [0.15, 0.2) is 24.3 Å². The van der Waals surface area contributed by atoms with Crippen LogP contribution in [0.1, 0.15) is 0 Å². The molecule has 2 saturated heterocycles. The van der Waals surface area contributed by atoms with Crippen LogP contribution in [-0.4, -0.2) is 56.8 Å². The number of ether oxygens (including phenoxy) is 3. The second kappa shape index (κ2) is 6.16. The van der Waals surface area contributed by atoms with Crippen molar-refractivity contribution in [2.24, 2.45) is 11.3 Å². The van der Waals surface area contributed by atoms with E-state index in [2.05, 4.69) is 0 Å². The Bertz CT molecular complexity index is 605. The number of carbonyl (C=O) groups excluding carboxylic acids is 2. The van der Waals surface area contributed by atoms with Crippen LogP contribution in [0.25, 0.3) is 0 Å². The van der Waals surface area contributed by atoms with Gasteiger partial charge in [0, 0.05) is 19.0 Å². The molecule has 0 radical (unpaired) electrons. The normalized spacial score (nSPS) is 26.0. The fourth-order valence-corrected chi connectivity index (χ4v) is 3.18. The lowest BCUT2D eigenvalue weighted by atomic mass is 9.81. The number of benzene rings is 1. The number of amides is 1. The third-order valence-electron chi connectivity index (χ3n) is 4.49. The number of esters is 1. The molecule has 23 heavy (non-hydrogen) atoms. The van der Waals surface area contributed by atoms with Gasteiger partial charge in [0.15, 0.2) is 6.61 Å². The monoisotopic (exact) mass is 323 g/mol. The highest BCUT2D eigenvalue weighted by Gasteiger charge is 2.57. The fraction of sp³-hybridized carbons (Fsp3) is 0.500. The van der Waals surface area contributed by atoms with Gasteiger partial charge in [-0.3, -0.25) is 9.59 Å². The molecule has 0 aliphatic carbocycles. The molecule has 1 amide bonds. The first-order chi connectivity index (χ1) is 11.0. The highest BCUT2D eigenvalue weighted by molar-refractivity contribution is 5.83. The molecule has 6 nitrogen and oxygen atoms in total. The molecule has 2 fully saturated rings. The number of nitrogens with zero attached hydrogens (tertiary/aromatic N) is 1. The Kier molecular flexibility index (Phi) is 4.21. The van der Waals surface area contributed by atoms with Crippen LogP contribution in [0.5, 0.6) is 5.75 Å². The van der Waals surface area contributed by atoms with Crippen LogP contribution in [0.3, 0.4) is 0 Å². The summed E-state index contributed by atoms with van der Waals surface area (Å²) in [5.41, 5.74) is -0.764. The smallest absolute Gasteiger partial charge is 0.316 e. The average molecular weight is 323 g/mol. The lowest BCUT2D eigenvalue weighted by Crippen LogP contribution is -2.41. The van der Waals surface area contributed by atoms with Crippen molar-refractivity contribution in [3.63, 3.8) is 0 Å². The molecule has 7 heteroatoms. The van der Waals surface area contributed by atoms with E-state index in [0.717, 1.165) is 0 Å². The van der Waals surface area contributed by atoms with Crippen molar-refractivity contribution in [1.29, 1.82) is 0 Å². The summed E-state index contributed by atoms with van der Waals surface area (Å²) < 4.78 is 28.5. The van der Waals surface area contributed by atoms with Crippen LogP contribution in [0.4, 0.5) is 4.39 Å². The first kappa shape index (κ1) is 15.7. The molecular weight excluding hydrogens is 305 g/mol. The van der Waals surface area contributed by atoms with E-state index < -0.39 is 5.41 Å². The van der Waals surface area contributed by atoms with Crippen LogP contribution >= 0.6 is 0 Å². The van der Waals surface area contributed by atoms with Gasteiger partial charge in [0.1, 0.15) is 17.0 Å². The molecule has 2 aliphatic rings. The lowest BCUT2D eigenvalue weighted by molar-refractivity contribution is -0.153. The van der Waals surface area contributed by atoms with Gasteiger partial charge in [-0.15, -0.1) is 0 Å². The zero-order chi connectivity index (χ0) is 16.4. The van der Waals surface area contributed by atoms with Gasteiger partial charge in [-0.25, -0.2) is 4.39 Å². The molecule has 2 atom stereocenters. The molecule has 0 spiro atoms. The molecular formula is C16H18FNO5. The Morgan fingerprint density at radius 2 is 2.13 bits per heavy atom. The quantitative estimate of drug-likeness (QED) is 0.769. The van der Waals surface area contributed by atoms with Crippen molar-refractivity contribution in [2.45, 2.75) is 0 Å². The number of methoxy groups -OCH3 is 1. The minimum absolute atomic E-state index is 0.0512. The Balaban J connectivity index is 1.61. The summed E-state index contributed by atoms with van der Waals surface area (Å²) in [6.45, 7) is 1.28. The van der Waals surface area contributed by atoms with E-state index in [1.165, 1.54) is 31.4 Å². The fourth-order valence-electron chi connectivity index (χ4n) is 3.18. The number of rotatable bonds is 4. The molecule has 1 aromatic rings. The topological polar surface area (TPSA) is 65.1 Å². The molecule has 0 unspecified atom stereocenters. The van der Waals surface area contributed by atoms with Gasteiger partial charge in [0.25, 0.3) is 5.91 Å². The van der Waals surface area contributed by atoms with E-state index in [9.17, 15) is 14.0 Å². The minimum Gasteiger partial charge on any atom is -0.484 e. The van der Waals surface area contributed by atoms with Crippen molar-refractivity contribution < 1.29 is 28.2 Å². The zero-order valence-corrected chi connectivity index (χ0v) is 12.8. The van der Waals surface area contributed by atoms with Gasteiger partial charge in [-0.2, -0.15) is 0 Å². The Morgan fingerprint density at radius 3 is 2.83 bits per heavy atom. The summed E-state index contributed by atoms with van der Waals surface area (Å²) in [5.74, 6) is -0.548. The molecule has 2 aliphatic heterocycles. The standard InChI is InChI=1S/C16H18FNO5/c1-21-15(20)16-9-18(6-11(16)7-22-10-16)14(19)8-23-13-4-2-12(17)3-5-13/h2-5,11H,6-10H2,1H3/t11-,16-/m0/s1. The summed E-state index contributed by atoms with van der Waals surface area (Å²) in [6, 6.07) is 5.46. The molecule has 2 heterocycles. The zero-order valence-electron chi connectivity index (χ0n) is 12.8. The van der Waals surface area contributed by atoms with Gasteiger partial charge < -0.3 is 19.1 Å². The SMILES string of the molecule is COC(=O)[C@@]12COC[C@@H]1CN(C(=O)COc1ccc(F)cc1)C2. The van der Waals surface area contributed by atoms with Gasteiger partial charge >= 0.3 is 5.97 Å². The Labute approximate surface area is 133 Å². The second-order valence-corrected chi connectivity index (χ2v) is 5.88. The highest BCUT2D eigenvalue weighted by atomic mass is 19.1. The summed E-state index contributed by atoms with van der Waals surface area (Å²) >= 11 is 0. The molecule has 1 aromatic carbocycles. The molecule has 0 saturated carbocycles. The predicted molar refractivity (Wildman–Crippen MR) is 77.2 cm³/mol. The largest absolute Gasteiger partial charge is 0.484 e. The third-order valence-corrected chi connectivity index (χ3v) is 4.49. The van der Waals surface area contributed by atoms with E-state index in [0.29, 0.717) is 18.9 Å². The molecule has 0 bridgehead atoms. The van der Waals surface area contributed by atoms with Crippen LogP contribution < -0.4 is 4.74 Å². The number of fused-ring (bicyclic) bond motifs is 1. The van der Waals surface area contributed by atoms with Crippen molar-refractivity contribution in [3.8, 4) is 5.75 Å². The van der Waals surface area contributed by atoms with Gasteiger partial charge in [-0.1, -0.05) is 0 Å². The molecule has 0 N–H and O–H groups in total. The summed E-state index contributed by atoms with van der Waals surface area (Å²) in [7, 11) is 1.34. The maximum atomic E-state index is 12.8. The van der Waals surface area contributed by atoms with Gasteiger partial charge in [0.05, 0.1) is 20.3 Å². The first-order valence-electron chi connectivity index (χ1n) is 7.37. The summed E-state index contributed by atoms with van der Waals surface area (Å²) in [5, 5.41) is 0. The van der Waals surface area contributed by atoms with E-state index in [-0.39, 0.29) is 43.4 Å². The van der Waals surface area contributed by atoms with E-state index >= 15 is 0 Å². The molecule has 124 valence electrons. The van der Waals surface area contributed by atoms with E-state index in [1.54, 1.807) is 4.90 Å². The molecule has 3 rings (SSSR count). The predicted octanol–water partition coefficient (Wildman–Crippen LogP) is 0.853. The number of halogens is 1. The Morgan fingerprint density at radius 1 is 1.39 bits per heavy atom. The number of hydrogen-bond donors (Lipinski definition) is 0. The Hall–Kier alpha value is -2.15. The number of hydrogen-bond acceptors (Lipinski definition) is 5. The van der Waals surface area contributed by atoms with Crippen molar-refractivity contribution in [1.82, 2.24) is 4.90 Å². The van der Waals surface area contributed by atoms with Crippen LogP contribution in [-0.2, 0) is 19.1 Å². The van der Waals surface area contributed by atoms with Crippen molar-refractivity contribution >= 4 is 11.9 Å². The maximum absolute atomic E-state index is 12.8. The van der Waals surface area contributed by atoms with Crippen LogP contribution in [0.2, 0.25) is 0 Å². The van der Waals surface area contributed by atoms with Crippen molar-refractivity contribution in [2.75, 3.05) is 40.0 Å². The summed E-state index contributed by atoms with van der Waals surface area (Å²) in [6.07, 6.45) is 0. The highest BCUT2D eigenvalue weighted by Crippen LogP contribution is 2.42. The minimum atomic E-state index is -0.764. The molecule has 0 aromatic heterocycles. The van der Waals surface area contributed by atoms with Gasteiger partial charge in [-0.05, 0) is 24.3 Å². The van der Waals surface area contributed by atoms with E-state index in [4.69, 9.17) is 14.2 Å². The average Bonchev–Trinajstić information content (AvgIpc) is 3.11. The summed E-state index contributed by atoms with van der Waals surface area (Å²) in [4.78, 5) is 26.0. The number of likely N-dealkylation sites (tertiary alicyclic amines) is 1. The van der Waals surface area contributed by atoms with E-state index in [1.807, 2.05) is 0 Å².